The Morgan fingerprint density at radius 3 is 2.42 bits per heavy atom. The van der Waals surface area contributed by atoms with E-state index in [-0.39, 0.29) is 18.4 Å². The molecule has 1 aromatic carbocycles. The highest BCUT2D eigenvalue weighted by molar-refractivity contribution is 5.96. The number of furan rings is 1. The molecule has 2 heterocycles. The predicted molar refractivity (Wildman–Crippen MR) is 138 cm³/mol. The summed E-state index contributed by atoms with van der Waals surface area (Å²) in [6, 6.07) is 14.7. The lowest BCUT2D eigenvalue weighted by atomic mass is 10.1. The Hall–Kier alpha value is -3.52. The van der Waals surface area contributed by atoms with E-state index >= 15 is 0 Å². The van der Waals surface area contributed by atoms with E-state index in [4.69, 9.17) is 13.9 Å². The predicted octanol–water partition coefficient (Wildman–Crippen LogP) is 4.50. The third-order valence-electron chi connectivity index (χ3n) is 5.94. The Labute approximate surface area is 213 Å². The molecule has 3 rings (SSSR count). The van der Waals surface area contributed by atoms with Crippen molar-refractivity contribution in [2.75, 3.05) is 33.4 Å². The van der Waals surface area contributed by atoms with Gasteiger partial charge in [0.2, 0.25) is 5.91 Å². The first-order chi connectivity index (χ1) is 17.5. The van der Waals surface area contributed by atoms with Gasteiger partial charge in [-0.3, -0.25) is 9.59 Å². The van der Waals surface area contributed by atoms with Gasteiger partial charge in [0.05, 0.1) is 26.0 Å². The number of ether oxygens (including phenoxy) is 2. The molecule has 0 atom stereocenters. The van der Waals surface area contributed by atoms with Crippen molar-refractivity contribution in [1.82, 2.24) is 14.4 Å². The van der Waals surface area contributed by atoms with Gasteiger partial charge in [0, 0.05) is 44.8 Å². The van der Waals surface area contributed by atoms with Crippen LogP contribution in [-0.4, -0.2) is 59.6 Å². The Morgan fingerprint density at radius 1 is 0.972 bits per heavy atom. The second kappa shape index (κ2) is 14.1. The van der Waals surface area contributed by atoms with Crippen LogP contribution in [0, 0.1) is 0 Å². The van der Waals surface area contributed by atoms with Crippen molar-refractivity contribution in [2.45, 2.75) is 39.3 Å². The fourth-order valence-corrected chi connectivity index (χ4v) is 3.81. The molecule has 2 amide bonds. The average Bonchev–Trinajstić information content (AvgIpc) is 3.55. The summed E-state index contributed by atoms with van der Waals surface area (Å²) in [6.07, 6.45) is 6.21. The SMILES string of the molecule is CCCCOc1ccc(C(=O)N(CCCOC)CC(=O)N(Cc2ccco2)Cc2cccn2C)cc1. The molecule has 0 spiro atoms. The maximum Gasteiger partial charge on any atom is 0.254 e. The summed E-state index contributed by atoms with van der Waals surface area (Å²) in [5.41, 5.74) is 1.51. The number of nitrogens with zero attached hydrogens (tertiary/aromatic N) is 3. The topological polar surface area (TPSA) is 77.2 Å². The number of amides is 2. The van der Waals surface area contributed by atoms with Crippen LogP contribution in [-0.2, 0) is 29.7 Å². The minimum absolute atomic E-state index is 0.0393. The number of rotatable bonds is 15. The first kappa shape index (κ1) is 27.1. The molecule has 0 saturated carbocycles. The summed E-state index contributed by atoms with van der Waals surface area (Å²) < 4.78 is 18.4. The number of hydrogen-bond donors (Lipinski definition) is 0. The summed E-state index contributed by atoms with van der Waals surface area (Å²) in [4.78, 5) is 30.2. The zero-order valence-corrected chi connectivity index (χ0v) is 21.5. The van der Waals surface area contributed by atoms with Crippen LogP contribution in [0.5, 0.6) is 5.75 Å². The third kappa shape index (κ3) is 8.02. The van der Waals surface area contributed by atoms with E-state index in [2.05, 4.69) is 6.92 Å². The summed E-state index contributed by atoms with van der Waals surface area (Å²) in [7, 11) is 3.57. The number of methoxy groups -OCH3 is 1. The van der Waals surface area contributed by atoms with Gasteiger partial charge in [0.1, 0.15) is 18.1 Å². The average molecular weight is 496 g/mol. The lowest BCUT2D eigenvalue weighted by Gasteiger charge is -2.27. The number of benzene rings is 1. The standard InChI is InChI=1S/C28H37N3O5/c1-4-5-18-35-25-13-11-23(12-14-25)28(33)30(16-8-17-34-3)22-27(32)31(21-26-10-7-19-36-26)20-24-9-6-15-29(24)2/h6-7,9-15,19H,4-5,8,16-18,20-22H2,1-3H3. The summed E-state index contributed by atoms with van der Waals surface area (Å²) in [5, 5.41) is 0. The van der Waals surface area contributed by atoms with E-state index < -0.39 is 0 Å². The van der Waals surface area contributed by atoms with Crippen LogP contribution in [0.25, 0.3) is 0 Å². The minimum Gasteiger partial charge on any atom is -0.494 e. The van der Waals surface area contributed by atoms with E-state index in [9.17, 15) is 9.59 Å². The normalized spacial score (nSPS) is 10.9. The highest BCUT2D eigenvalue weighted by Gasteiger charge is 2.24. The van der Waals surface area contributed by atoms with E-state index in [0.29, 0.717) is 50.6 Å². The number of carbonyl (C=O) groups excluding carboxylic acids is 2. The number of carbonyl (C=O) groups is 2. The Kier molecular flexibility index (Phi) is 10.6. The molecule has 0 aliphatic heterocycles. The second-order valence-corrected chi connectivity index (χ2v) is 8.74. The van der Waals surface area contributed by atoms with Gasteiger partial charge in [0.25, 0.3) is 5.91 Å². The zero-order chi connectivity index (χ0) is 25.8. The Morgan fingerprint density at radius 2 is 1.78 bits per heavy atom. The fourth-order valence-electron chi connectivity index (χ4n) is 3.81. The largest absolute Gasteiger partial charge is 0.494 e. The van der Waals surface area contributed by atoms with E-state index in [1.54, 1.807) is 53.5 Å². The number of aryl methyl sites for hydroxylation is 1. The molecule has 0 fully saturated rings. The van der Waals surface area contributed by atoms with Crippen molar-refractivity contribution in [1.29, 1.82) is 0 Å². The van der Waals surface area contributed by atoms with Crippen LogP contribution in [0.1, 0.15) is 48.0 Å². The maximum absolute atomic E-state index is 13.5. The van der Waals surface area contributed by atoms with Gasteiger partial charge in [-0.15, -0.1) is 0 Å². The molecule has 0 aliphatic rings. The van der Waals surface area contributed by atoms with Gasteiger partial charge in [-0.1, -0.05) is 13.3 Å². The molecule has 0 radical (unpaired) electrons. The molecule has 36 heavy (non-hydrogen) atoms. The van der Waals surface area contributed by atoms with Gasteiger partial charge in [-0.2, -0.15) is 0 Å². The summed E-state index contributed by atoms with van der Waals surface area (Å²) in [5.74, 6) is 1.07. The van der Waals surface area contributed by atoms with Crippen LogP contribution in [0.2, 0.25) is 0 Å². The first-order valence-corrected chi connectivity index (χ1v) is 12.4. The molecule has 0 unspecified atom stereocenters. The van der Waals surface area contributed by atoms with Gasteiger partial charge >= 0.3 is 0 Å². The molecule has 8 heteroatoms. The lowest BCUT2D eigenvalue weighted by Crippen LogP contribution is -2.43. The van der Waals surface area contributed by atoms with Gasteiger partial charge in [-0.05, 0) is 61.4 Å². The van der Waals surface area contributed by atoms with Crippen LogP contribution in [0.3, 0.4) is 0 Å². The molecule has 3 aromatic rings. The van der Waals surface area contributed by atoms with Crippen LogP contribution in [0.15, 0.2) is 65.4 Å². The van der Waals surface area contributed by atoms with Gasteiger partial charge in [0.15, 0.2) is 0 Å². The summed E-state index contributed by atoms with van der Waals surface area (Å²) in [6.45, 7) is 4.36. The zero-order valence-electron chi connectivity index (χ0n) is 21.5. The number of unbranched alkanes of at least 4 members (excludes halogenated alkanes) is 1. The molecule has 194 valence electrons. The van der Waals surface area contributed by atoms with Crippen LogP contribution >= 0.6 is 0 Å². The second-order valence-electron chi connectivity index (χ2n) is 8.74. The Balaban J connectivity index is 1.74. The molecule has 0 N–H and O–H groups in total. The number of aromatic nitrogens is 1. The minimum atomic E-state index is -0.198. The van der Waals surface area contributed by atoms with Gasteiger partial charge < -0.3 is 28.3 Å². The third-order valence-corrected chi connectivity index (χ3v) is 5.94. The van der Waals surface area contributed by atoms with Crippen molar-refractivity contribution < 1.29 is 23.5 Å². The fraction of sp³-hybridized carbons (Fsp3) is 0.429. The first-order valence-electron chi connectivity index (χ1n) is 12.4. The van der Waals surface area contributed by atoms with Crippen molar-refractivity contribution in [3.63, 3.8) is 0 Å². The quantitative estimate of drug-likeness (QED) is 0.290. The molecule has 0 aliphatic carbocycles. The van der Waals surface area contributed by atoms with Crippen molar-refractivity contribution >= 4 is 11.8 Å². The summed E-state index contributed by atoms with van der Waals surface area (Å²) >= 11 is 0. The van der Waals surface area contributed by atoms with Gasteiger partial charge in [-0.25, -0.2) is 0 Å². The van der Waals surface area contributed by atoms with E-state index in [0.717, 1.165) is 24.3 Å². The Bertz CT molecular complexity index is 1060. The molecular formula is C28H37N3O5. The van der Waals surface area contributed by atoms with E-state index in [1.807, 2.05) is 36.0 Å². The molecule has 2 aromatic heterocycles. The molecule has 0 saturated heterocycles. The molecule has 8 nitrogen and oxygen atoms in total. The van der Waals surface area contributed by atoms with Crippen molar-refractivity contribution in [3.8, 4) is 5.75 Å². The highest BCUT2D eigenvalue weighted by Crippen LogP contribution is 2.16. The monoisotopic (exact) mass is 495 g/mol. The van der Waals surface area contributed by atoms with Crippen LogP contribution in [0.4, 0.5) is 0 Å². The smallest absolute Gasteiger partial charge is 0.254 e. The molecule has 0 bridgehead atoms. The van der Waals surface area contributed by atoms with Crippen molar-refractivity contribution in [2.24, 2.45) is 7.05 Å². The van der Waals surface area contributed by atoms with E-state index in [1.165, 1.54) is 0 Å². The highest BCUT2D eigenvalue weighted by atomic mass is 16.5. The van der Waals surface area contributed by atoms with Crippen LogP contribution < -0.4 is 4.74 Å². The molecular weight excluding hydrogens is 458 g/mol. The van der Waals surface area contributed by atoms with Crippen molar-refractivity contribution in [3.05, 3.63) is 78.0 Å². The lowest BCUT2D eigenvalue weighted by molar-refractivity contribution is -0.133. The maximum atomic E-state index is 13.5. The number of hydrogen-bond acceptors (Lipinski definition) is 5.